The van der Waals surface area contributed by atoms with Gasteiger partial charge in [0.05, 0.1) is 0 Å². The number of aliphatic carboxylic acids is 1. The Labute approximate surface area is 115 Å². The molecule has 0 aromatic heterocycles. The van der Waals surface area contributed by atoms with Gasteiger partial charge in [-0.05, 0) is 25.7 Å². The van der Waals surface area contributed by atoms with Gasteiger partial charge in [0.1, 0.15) is 0 Å². The van der Waals surface area contributed by atoms with Crippen molar-refractivity contribution in [3.8, 4) is 0 Å². The molecule has 2 atom stereocenters. The lowest BCUT2D eigenvalue weighted by atomic mass is 9.78. The van der Waals surface area contributed by atoms with Gasteiger partial charge in [-0.3, -0.25) is 4.79 Å². The lowest BCUT2D eigenvalue weighted by Gasteiger charge is -2.32. The van der Waals surface area contributed by atoms with E-state index in [0.29, 0.717) is 12.8 Å². The van der Waals surface area contributed by atoms with Crippen LogP contribution in [-0.2, 0) is 9.59 Å². The fraction of sp³-hybridized carbons (Fsp3) is 0.867. The van der Waals surface area contributed by atoms with E-state index in [-0.39, 0.29) is 17.9 Å². The van der Waals surface area contributed by atoms with Gasteiger partial charge in [0.25, 0.3) is 0 Å². The van der Waals surface area contributed by atoms with E-state index in [2.05, 4.69) is 5.32 Å². The smallest absolute Gasteiger partial charge is 0.223 e. The molecule has 0 heterocycles. The molecule has 0 spiro atoms. The van der Waals surface area contributed by atoms with Crippen LogP contribution < -0.4 is 10.4 Å². The van der Waals surface area contributed by atoms with Crippen molar-refractivity contribution in [2.45, 2.75) is 70.3 Å². The van der Waals surface area contributed by atoms with Crippen LogP contribution in [0.25, 0.3) is 0 Å². The highest BCUT2D eigenvalue weighted by Gasteiger charge is 2.32. The van der Waals surface area contributed by atoms with Gasteiger partial charge >= 0.3 is 0 Å². The van der Waals surface area contributed by atoms with Crippen LogP contribution in [0.2, 0.25) is 0 Å². The van der Waals surface area contributed by atoms with Crippen LogP contribution >= 0.6 is 0 Å². The largest absolute Gasteiger partial charge is 0.550 e. The molecule has 0 bridgehead atoms. The maximum absolute atomic E-state index is 12.3. The zero-order valence-electron chi connectivity index (χ0n) is 11.5. The van der Waals surface area contributed by atoms with Gasteiger partial charge in [0.15, 0.2) is 0 Å². The normalized spacial score (nSPS) is 29.5. The van der Waals surface area contributed by atoms with Gasteiger partial charge in [0.2, 0.25) is 5.91 Å². The molecule has 4 nitrogen and oxygen atoms in total. The molecule has 1 amide bonds. The molecule has 1 N–H and O–H groups in total. The van der Waals surface area contributed by atoms with Crippen LogP contribution in [-0.4, -0.2) is 17.9 Å². The van der Waals surface area contributed by atoms with Gasteiger partial charge in [-0.1, -0.05) is 38.5 Å². The second kappa shape index (κ2) is 6.92. The minimum atomic E-state index is -1.05. The fourth-order valence-corrected chi connectivity index (χ4v) is 3.46. The molecule has 108 valence electrons. The van der Waals surface area contributed by atoms with E-state index in [0.717, 1.165) is 25.7 Å². The molecule has 0 aliphatic heterocycles. The maximum Gasteiger partial charge on any atom is 0.223 e. The summed E-state index contributed by atoms with van der Waals surface area (Å²) in [6.45, 7) is 0. The number of rotatable bonds is 3. The van der Waals surface area contributed by atoms with Gasteiger partial charge in [-0.2, -0.15) is 0 Å². The zero-order valence-corrected chi connectivity index (χ0v) is 11.5. The summed E-state index contributed by atoms with van der Waals surface area (Å²) in [6, 6.07) is 0.249. The van der Waals surface area contributed by atoms with Crippen molar-refractivity contribution in [1.29, 1.82) is 0 Å². The average molecular weight is 266 g/mol. The molecule has 2 rings (SSSR count). The number of carbonyl (C=O) groups is 2. The molecule has 0 radical (unpaired) electrons. The monoisotopic (exact) mass is 266 g/mol. The first-order valence-electron chi connectivity index (χ1n) is 7.69. The molecular weight excluding hydrogens is 242 g/mol. The molecule has 0 saturated heterocycles. The van der Waals surface area contributed by atoms with Crippen molar-refractivity contribution in [2.24, 2.45) is 11.8 Å². The standard InChI is InChI=1S/C15H25NO3/c17-14(16-11-7-3-1-2-4-8-11)12-9-5-6-10-13(12)15(18)19/h11-13H,1-10H2,(H,16,17)(H,18,19)/p-1. The van der Waals surface area contributed by atoms with Crippen LogP contribution in [0.5, 0.6) is 0 Å². The summed E-state index contributed by atoms with van der Waals surface area (Å²) >= 11 is 0. The fourth-order valence-electron chi connectivity index (χ4n) is 3.46. The van der Waals surface area contributed by atoms with E-state index >= 15 is 0 Å². The van der Waals surface area contributed by atoms with Crippen molar-refractivity contribution in [2.75, 3.05) is 0 Å². The lowest BCUT2D eigenvalue weighted by Crippen LogP contribution is -2.47. The minimum Gasteiger partial charge on any atom is -0.550 e. The molecule has 2 aliphatic carbocycles. The van der Waals surface area contributed by atoms with Crippen molar-refractivity contribution in [1.82, 2.24) is 5.32 Å². The topological polar surface area (TPSA) is 69.2 Å². The van der Waals surface area contributed by atoms with Crippen LogP contribution in [0.3, 0.4) is 0 Å². The predicted octanol–water partition coefficient (Wildman–Crippen LogP) is 1.38. The van der Waals surface area contributed by atoms with E-state index in [1.165, 1.54) is 25.7 Å². The van der Waals surface area contributed by atoms with Crippen molar-refractivity contribution < 1.29 is 14.7 Å². The van der Waals surface area contributed by atoms with Crippen molar-refractivity contribution in [3.05, 3.63) is 0 Å². The second-order valence-electron chi connectivity index (χ2n) is 6.01. The predicted molar refractivity (Wildman–Crippen MR) is 70.1 cm³/mol. The Morgan fingerprint density at radius 1 is 0.789 bits per heavy atom. The minimum absolute atomic E-state index is 0.0548. The molecule has 2 aliphatic rings. The Kier molecular flexibility index (Phi) is 5.23. The zero-order chi connectivity index (χ0) is 13.7. The quantitative estimate of drug-likeness (QED) is 0.785. The Morgan fingerprint density at radius 2 is 1.32 bits per heavy atom. The first-order chi connectivity index (χ1) is 9.18. The summed E-state index contributed by atoms with van der Waals surface area (Å²) < 4.78 is 0. The van der Waals surface area contributed by atoms with Crippen LogP contribution in [0, 0.1) is 11.8 Å². The third-order valence-corrected chi connectivity index (χ3v) is 4.61. The van der Waals surface area contributed by atoms with E-state index < -0.39 is 11.9 Å². The van der Waals surface area contributed by atoms with Crippen LogP contribution in [0.1, 0.15) is 64.2 Å². The number of carboxylic acid groups (broad SMARTS) is 1. The number of nitrogens with one attached hydrogen (secondary N) is 1. The Balaban J connectivity index is 1.91. The van der Waals surface area contributed by atoms with E-state index in [9.17, 15) is 14.7 Å². The molecule has 2 unspecified atom stereocenters. The summed E-state index contributed by atoms with van der Waals surface area (Å²) in [5.41, 5.74) is 0. The number of hydrogen-bond donors (Lipinski definition) is 1. The molecule has 2 saturated carbocycles. The van der Waals surface area contributed by atoms with Crippen molar-refractivity contribution >= 4 is 11.9 Å². The molecule has 0 aromatic carbocycles. The summed E-state index contributed by atoms with van der Waals surface area (Å²) in [6.07, 6.45) is 10.0. The van der Waals surface area contributed by atoms with Gasteiger partial charge in [0, 0.05) is 23.8 Å². The third-order valence-electron chi connectivity index (χ3n) is 4.61. The van der Waals surface area contributed by atoms with Gasteiger partial charge < -0.3 is 15.2 Å². The number of amides is 1. The maximum atomic E-state index is 12.3. The first kappa shape index (κ1) is 14.4. The molecule has 19 heavy (non-hydrogen) atoms. The summed E-state index contributed by atoms with van der Waals surface area (Å²) in [7, 11) is 0. The molecule has 2 fully saturated rings. The van der Waals surface area contributed by atoms with Crippen LogP contribution in [0.15, 0.2) is 0 Å². The Hall–Kier alpha value is -1.06. The highest BCUT2D eigenvalue weighted by atomic mass is 16.4. The third kappa shape index (κ3) is 3.95. The van der Waals surface area contributed by atoms with E-state index in [1.807, 2.05) is 0 Å². The summed E-state index contributed by atoms with van der Waals surface area (Å²) in [4.78, 5) is 23.4. The Bertz CT molecular complexity index is 321. The SMILES string of the molecule is O=C([O-])C1CCCCC1C(=O)NC1CCCCCC1. The highest BCUT2D eigenvalue weighted by Crippen LogP contribution is 2.30. The van der Waals surface area contributed by atoms with Crippen LogP contribution in [0.4, 0.5) is 0 Å². The number of hydrogen-bond acceptors (Lipinski definition) is 3. The number of carboxylic acids is 1. The summed E-state index contributed by atoms with van der Waals surface area (Å²) in [5, 5.41) is 14.2. The van der Waals surface area contributed by atoms with E-state index in [4.69, 9.17) is 0 Å². The van der Waals surface area contributed by atoms with Crippen molar-refractivity contribution in [3.63, 3.8) is 0 Å². The van der Waals surface area contributed by atoms with Gasteiger partial charge in [-0.25, -0.2) is 0 Å². The second-order valence-corrected chi connectivity index (χ2v) is 6.01. The Morgan fingerprint density at radius 3 is 1.89 bits per heavy atom. The van der Waals surface area contributed by atoms with Gasteiger partial charge in [-0.15, -0.1) is 0 Å². The molecule has 4 heteroatoms. The molecule has 0 aromatic rings. The lowest BCUT2D eigenvalue weighted by molar-refractivity contribution is -0.314. The number of carbonyl (C=O) groups excluding carboxylic acids is 2. The summed E-state index contributed by atoms with van der Waals surface area (Å²) in [5.74, 6) is -2.07. The highest BCUT2D eigenvalue weighted by molar-refractivity contribution is 5.84. The first-order valence-corrected chi connectivity index (χ1v) is 7.69. The molecular formula is C15H24NO3-. The van der Waals surface area contributed by atoms with E-state index in [1.54, 1.807) is 0 Å². The average Bonchev–Trinajstić information content (AvgIpc) is 2.67.